The van der Waals surface area contributed by atoms with Crippen LogP contribution in [0.15, 0.2) is 22.9 Å². The summed E-state index contributed by atoms with van der Waals surface area (Å²) in [5.74, 6) is 2.97. The van der Waals surface area contributed by atoms with Crippen LogP contribution < -0.4 is 0 Å². The fourth-order valence-corrected chi connectivity index (χ4v) is 5.55. The van der Waals surface area contributed by atoms with Crippen LogP contribution in [-0.2, 0) is 14.2 Å². The molecule has 0 spiro atoms. The number of ether oxygens (including phenoxy) is 3. The highest BCUT2D eigenvalue weighted by Crippen LogP contribution is 2.42. The number of allylic oxidation sites excluding steroid dienone is 4. The van der Waals surface area contributed by atoms with Crippen LogP contribution in [-0.4, -0.2) is 31.5 Å². The fraction of sp³-hybridized carbons (Fsp3) is 0.840. The molecule has 0 radical (unpaired) electrons. The molecule has 1 aliphatic heterocycles. The van der Waals surface area contributed by atoms with E-state index in [4.69, 9.17) is 25.8 Å². The summed E-state index contributed by atoms with van der Waals surface area (Å²) >= 11 is 6.68. The van der Waals surface area contributed by atoms with Gasteiger partial charge in [-0.3, -0.25) is 0 Å². The third kappa shape index (κ3) is 7.01. The van der Waals surface area contributed by atoms with Crippen LogP contribution in [0, 0.1) is 17.8 Å². The first-order valence-corrected chi connectivity index (χ1v) is 12.4. The van der Waals surface area contributed by atoms with Crippen LogP contribution >= 0.6 is 11.6 Å². The second-order valence-electron chi connectivity index (χ2n) is 9.30. The van der Waals surface area contributed by atoms with Gasteiger partial charge < -0.3 is 14.2 Å². The Bertz CT molecular complexity index is 558. The Morgan fingerprint density at radius 1 is 1.14 bits per heavy atom. The van der Waals surface area contributed by atoms with E-state index >= 15 is 0 Å². The van der Waals surface area contributed by atoms with Gasteiger partial charge in [0.25, 0.3) is 0 Å². The maximum Gasteiger partial charge on any atom is 0.0920 e. The molecular formula is C25H41ClO3. The minimum absolute atomic E-state index is 0.292. The number of hydrogen-bond donors (Lipinski definition) is 0. The molecular weight excluding hydrogens is 384 g/mol. The highest BCUT2D eigenvalue weighted by Gasteiger charge is 2.36. The normalized spacial score (nSPS) is 35.7. The molecule has 166 valence electrons. The van der Waals surface area contributed by atoms with Crippen LogP contribution in [0.2, 0.25) is 0 Å². The number of rotatable bonds is 9. The second kappa shape index (κ2) is 11.8. The highest BCUT2D eigenvalue weighted by atomic mass is 35.5. The van der Waals surface area contributed by atoms with E-state index in [0.717, 1.165) is 69.1 Å². The largest absolute Gasteiger partial charge is 0.499 e. The van der Waals surface area contributed by atoms with Crippen molar-refractivity contribution in [3.63, 3.8) is 0 Å². The van der Waals surface area contributed by atoms with Crippen molar-refractivity contribution in [3.05, 3.63) is 22.9 Å². The zero-order valence-electron chi connectivity index (χ0n) is 18.7. The Hall–Kier alpha value is -0.510. The van der Waals surface area contributed by atoms with Gasteiger partial charge in [0.15, 0.2) is 0 Å². The summed E-state index contributed by atoms with van der Waals surface area (Å²) in [5.41, 5.74) is 0. The Labute approximate surface area is 183 Å². The van der Waals surface area contributed by atoms with Crippen molar-refractivity contribution >= 4 is 11.6 Å². The fourth-order valence-electron chi connectivity index (χ4n) is 5.28. The molecule has 3 unspecified atom stereocenters. The minimum Gasteiger partial charge on any atom is -0.499 e. The zero-order valence-corrected chi connectivity index (χ0v) is 19.5. The molecule has 29 heavy (non-hydrogen) atoms. The third-order valence-corrected chi connectivity index (χ3v) is 7.36. The maximum atomic E-state index is 6.68. The topological polar surface area (TPSA) is 27.7 Å². The SMILES string of the molecule is CCCCO[C@H]1C[C@@H](C)O[C@@H](C2CC=C(Cl)C(CC3CC=C(OCC)CC3)C2)C1. The van der Waals surface area contributed by atoms with Crippen LogP contribution in [0.4, 0.5) is 0 Å². The monoisotopic (exact) mass is 424 g/mol. The van der Waals surface area contributed by atoms with Gasteiger partial charge in [0.2, 0.25) is 0 Å². The number of hydrogen-bond acceptors (Lipinski definition) is 3. The molecule has 0 aromatic rings. The Balaban J connectivity index is 1.52. The van der Waals surface area contributed by atoms with E-state index in [1.54, 1.807) is 0 Å². The molecule has 0 aromatic heterocycles. The summed E-state index contributed by atoms with van der Waals surface area (Å²) < 4.78 is 18.3. The molecule has 3 nitrogen and oxygen atoms in total. The summed E-state index contributed by atoms with van der Waals surface area (Å²) in [6.45, 7) is 8.15. The Morgan fingerprint density at radius 2 is 2.00 bits per heavy atom. The lowest BCUT2D eigenvalue weighted by Crippen LogP contribution is -2.41. The van der Waals surface area contributed by atoms with Crippen molar-refractivity contribution in [1.29, 1.82) is 0 Å². The molecule has 0 amide bonds. The highest BCUT2D eigenvalue weighted by molar-refractivity contribution is 6.29. The molecule has 0 aromatic carbocycles. The van der Waals surface area contributed by atoms with Crippen LogP contribution in [0.3, 0.4) is 0 Å². The smallest absolute Gasteiger partial charge is 0.0920 e. The molecule has 4 heteroatoms. The number of halogens is 1. The molecule has 2 aliphatic carbocycles. The molecule has 0 N–H and O–H groups in total. The van der Waals surface area contributed by atoms with Gasteiger partial charge in [0, 0.05) is 24.5 Å². The van der Waals surface area contributed by atoms with Gasteiger partial charge in [0.05, 0.1) is 30.7 Å². The van der Waals surface area contributed by atoms with Gasteiger partial charge in [-0.15, -0.1) is 0 Å². The summed E-state index contributed by atoms with van der Waals surface area (Å²) in [4.78, 5) is 0. The first-order valence-electron chi connectivity index (χ1n) is 12.0. The minimum atomic E-state index is 0.292. The lowest BCUT2D eigenvalue weighted by atomic mass is 9.75. The average molecular weight is 425 g/mol. The van der Waals surface area contributed by atoms with Crippen LogP contribution in [0.5, 0.6) is 0 Å². The molecule has 0 bridgehead atoms. The summed E-state index contributed by atoms with van der Waals surface area (Å²) in [6.07, 6.45) is 16.8. The molecule has 1 heterocycles. The summed E-state index contributed by atoms with van der Waals surface area (Å²) in [7, 11) is 0. The zero-order chi connectivity index (χ0) is 20.6. The van der Waals surface area contributed by atoms with Crippen molar-refractivity contribution < 1.29 is 14.2 Å². The first kappa shape index (κ1) is 23.2. The summed E-state index contributed by atoms with van der Waals surface area (Å²) in [6, 6.07) is 0. The molecule has 1 saturated heterocycles. The van der Waals surface area contributed by atoms with Crippen molar-refractivity contribution in [2.75, 3.05) is 13.2 Å². The molecule has 3 rings (SSSR count). The predicted octanol–water partition coefficient (Wildman–Crippen LogP) is 7.00. The van der Waals surface area contributed by atoms with Crippen molar-refractivity contribution in [1.82, 2.24) is 0 Å². The third-order valence-electron chi connectivity index (χ3n) is 6.89. The number of unbranched alkanes of at least 4 members (excludes halogenated alkanes) is 1. The van der Waals surface area contributed by atoms with E-state index in [9.17, 15) is 0 Å². The van der Waals surface area contributed by atoms with Crippen LogP contribution in [0.1, 0.15) is 85.0 Å². The van der Waals surface area contributed by atoms with Gasteiger partial charge in [-0.1, -0.05) is 31.0 Å². The van der Waals surface area contributed by atoms with E-state index in [1.807, 2.05) is 0 Å². The quantitative estimate of drug-likeness (QED) is 0.373. The standard InChI is InChI=1S/C25H41ClO3/c1-4-6-13-28-23-14-18(3)29-25(17-23)20-9-12-24(26)21(16-20)15-19-7-10-22(11-8-19)27-5-2/h10,12,18-21,23,25H,4-9,11,13-17H2,1-3H3/t18-,19?,20?,21?,23+,25-/m1/s1. The molecule has 3 aliphatic rings. The lowest BCUT2D eigenvalue weighted by molar-refractivity contribution is -0.129. The van der Waals surface area contributed by atoms with E-state index in [1.165, 1.54) is 25.0 Å². The van der Waals surface area contributed by atoms with Gasteiger partial charge in [-0.05, 0) is 82.6 Å². The average Bonchev–Trinajstić information content (AvgIpc) is 2.71. The first-order chi connectivity index (χ1) is 14.1. The Morgan fingerprint density at radius 3 is 2.72 bits per heavy atom. The van der Waals surface area contributed by atoms with E-state index in [0.29, 0.717) is 30.1 Å². The molecule has 0 saturated carbocycles. The lowest BCUT2D eigenvalue weighted by Gasteiger charge is -2.40. The van der Waals surface area contributed by atoms with Gasteiger partial charge in [0.1, 0.15) is 0 Å². The van der Waals surface area contributed by atoms with E-state index in [2.05, 4.69) is 32.9 Å². The van der Waals surface area contributed by atoms with Crippen molar-refractivity contribution in [3.8, 4) is 0 Å². The summed E-state index contributed by atoms with van der Waals surface area (Å²) in [5, 5.41) is 1.08. The van der Waals surface area contributed by atoms with E-state index in [-0.39, 0.29) is 0 Å². The Kier molecular flexibility index (Phi) is 9.40. The van der Waals surface area contributed by atoms with Gasteiger partial charge >= 0.3 is 0 Å². The molecule has 6 atom stereocenters. The molecule has 1 fully saturated rings. The maximum absolute atomic E-state index is 6.68. The van der Waals surface area contributed by atoms with Crippen LogP contribution in [0.25, 0.3) is 0 Å². The van der Waals surface area contributed by atoms with E-state index < -0.39 is 0 Å². The van der Waals surface area contributed by atoms with Gasteiger partial charge in [-0.2, -0.15) is 0 Å². The van der Waals surface area contributed by atoms with Gasteiger partial charge in [-0.25, -0.2) is 0 Å². The van der Waals surface area contributed by atoms with Crippen molar-refractivity contribution in [2.45, 2.75) is 103 Å². The predicted molar refractivity (Wildman–Crippen MR) is 120 cm³/mol. The second-order valence-corrected chi connectivity index (χ2v) is 9.74. The van der Waals surface area contributed by atoms with Crippen molar-refractivity contribution in [2.24, 2.45) is 17.8 Å².